The largest absolute Gasteiger partial charge is 0.367 e. The molecule has 2 aromatic heterocycles. The number of hydrogen-bond donors (Lipinski definition) is 3. The van der Waals surface area contributed by atoms with Crippen molar-refractivity contribution in [1.82, 2.24) is 20.5 Å². The Kier molecular flexibility index (Phi) is 3.04. The molecule has 3 N–H and O–H groups in total. The first-order valence-corrected chi connectivity index (χ1v) is 6.13. The van der Waals surface area contributed by atoms with Gasteiger partial charge >= 0.3 is 0 Å². The van der Waals surface area contributed by atoms with Gasteiger partial charge in [-0.3, -0.25) is 9.59 Å². The van der Waals surface area contributed by atoms with Crippen molar-refractivity contribution in [1.29, 1.82) is 0 Å². The van der Waals surface area contributed by atoms with E-state index >= 15 is 0 Å². The predicted molar refractivity (Wildman–Crippen MR) is 74.3 cm³/mol. The Hall–Kier alpha value is -2.89. The molecule has 2 heterocycles. The van der Waals surface area contributed by atoms with Gasteiger partial charge in [0.25, 0.3) is 11.5 Å². The Morgan fingerprint density at radius 1 is 1.20 bits per heavy atom. The molecule has 0 bridgehead atoms. The second-order valence-electron chi connectivity index (χ2n) is 4.35. The van der Waals surface area contributed by atoms with Gasteiger partial charge in [0.1, 0.15) is 0 Å². The number of fused-ring (bicyclic) bond motifs is 1. The van der Waals surface area contributed by atoms with E-state index in [0.717, 1.165) is 5.56 Å². The van der Waals surface area contributed by atoms with Gasteiger partial charge in [-0.2, -0.15) is 5.10 Å². The molecule has 0 saturated carbocycles. The van der Waals surface area contributed by atoms with Crippen LogP contribution in [-0.4, -0.2) is 21.1 Å². The van der Waals surface area contributed by atoms with E-state index in [1.165, 1.54) is 0 Å². The number of carbonyl (C=O) groups excluding carboxylic acids is 1. The van der Waals surface area contributed by atoms with Gasteiger partial charge in [0, 0.05) is 24.3 Å². The molecule has 3 aromatic rings. The number of benzene rings is 1. The molecule has 0 atom stereocenters. The van der Waals surface area contributed by atoms with Crippen LogP contribution in [0.15, 0.2) is 47.5 Å². The average molecular weight is 268 g/mol. The van der Waals surface area contributed by atoms with Gasteiger partial charge in [0.05, 0.1) is 5.39 Å². The zero-order valence-electron chi connectivity index (χ0n) is 10.5. The van der Waals surface area contributed by atoms with Crippen LogP contribution in [0.3, 0.4) is 0 Å². The van der Waals surface area contributed by atoms with Crippen molar-refractivity contribution in [3.63, 3.8) is 0 Å². The van der Waals surface area contributed by atoms with Crippen LogP contribution in [0.1, 0.15) is 16.1 Å². The van der Waals surface area contributed by atoms with Crippen molar-refractivity contribution in [3.8, 4) is 0 Å². The number of aromatic amines is 2. The third kappa shape index (κ3) is 2.18. The molecule has 6 nitrogen and oxygen atoms in total. The van der Waals surface area contributed by atoms with Crippen molar-refractivity contribution in [2.45, 2.75) is 6.54 Å². The fourth-order valence-corrected chi connectivity index (χ4v) is 2.02. The Balaban J connectivity index is 1.92. The third-order valence-corrected chi connectivity index (χ3v) is 3.03. The second-order valence-corrected chi connectivity index (χ2v) is 4.35. The van der Waals surface area contributed by atoms with Crippen LogP contribution in [0, 0.1) is 0 Å². The van der Waals surface area contributed by atoms with Crippen LogP contribution < -0.4 is 10.9 Å². The van der Waals surface area contributed by atoms with Crippen LogP contribution in [-0.2, 0) is 6.54 Å². The second kappa shape index (κ2) is 5.00. The fraction of sp³-hybridized carbons (Fsp3) is 0.0714. The monoisotopic (exact) mass is 268 g/mol. The number of nitrogens with zero attached hydrogens (tertiary/aromatic N) is 1. The normalized spacial score (nSPS) is 10.6. The summed E-state index contributed by atoms with van der Waals surface area (Å²) >= 11 is 0. The molecule has 0 unspecified atom stereocenters. The summed E-state index contributed by atoms with van der Waals surface area (Å²) in [5.74, 6) is -0.321. The Labute approximate surface area is 113 Å². The highest BCUT2D eigenvalue weighted by Gasteiger charge is 2.13. The summed E-state index contributed by atoms with van der Waals surface area (Å²) in [7, 11) is 0. The molecule has 0 fully saturated rings. The summed E-state index contributed by atoms with van der Waals surface area (Å²) in [5, 5.41) is 9.96. The number of nitrogens with one attached hydrogen (secondary N) is 3. The topological polar surface area (TPSA) is 90.6 Å². The van der Waals surface area contributed by atoms with Crippen molar-refractivity contribution in [2.75, 3.05) is 0 Å². The summed E-state index contributed by atoms with van der Waals surface area (Å²) in [6, 6.07) is 8.77. The molecule has 3 rings (SSSR count). The van der Waals surface area contributed by atoms with E-state index in [-0.39, 0.29) is 17.2 Å². The summed E-state index contributed by atoms with van der Waals surface area (Å²) in [6.07, 6.45) is 3.59. The van der Waals surface area contributed by atoms with Gasteiger partial charge in [0.15, 0.2) is 5.69 Å². The van der Waals surface area contributed by atoms with Gasteiger partial charge in [-0.15, -0.1) is 0 Å². The summed E-state index contributed by atoms with van der Waals surface area (Å²) < 4.78 is 0. The fourth-order valence-electron chi connectivity index (χ4n) is 2.02. The minimum atomic E-state index is -0.321. The maximum atomic E-state index is 12.2. The molecular weight excluding hydrogens is 256 g/mol. The zero-order valence-corrected chi connectivity index (χ0v) is 10.5. The lowest BCUT2D eigenvalue weighted by Gasteiger charge is -2.05. The van der Waals surface area contributed by atoms with Crippen LogP contribution >= 0.6 is 0 Å². The smallest absolute Gasteiger partial charge is 0.272 e. The molecule has 100 valence electrons. The van der Waals surface area contributed by atoms with Crippen molar-refractivity contribution >= 4 is 16.7 Å². The lowest BCUT2D eigenvalue weighted by molar-refractivity contribution is 0.0947. The molecule has 6 heteroatoms. The lowest BCUT2D eigenvalue weighted by Crippen LogP contribution is -2.26. The number of aromatic nitrogens is 3. The predicted octanol–water partition coefficient (Wildman–Crippen LogP) is 1.18. The van der Waals surface area contributed by atoms with Crippen molar-refractivity contribution < 1.29 is 4.79 Å². The summed E-state index contributed by atoms with van der Waals surface area (Å²) in [6.45, 7) is 0.400. The highest BCUT2D eigenvalue weighted by atomic mass is 16.2. The molecule has 0 aliphatic carbocycles. The number of amides is 1. The number of rotatable bonds is 3. The molecule has 0 aliphatic rings. The highest BCUT2D eigenvalue weighted by Crippen LogP contribution is 2.12. The van der Waals surface area contributed by atoms with E-state index in [9.17, 15) is 9.59 Å². The first-order chi connectivity index (χ1) is 9.75. The zero-order chi connectivity index (χ0) is 13.9. The van der Waals surface area contributed by atoms with Crippen LogP contribution in [0.5, 0.6) is 0 Å². The lowest BCUT2D eigenvalue weighted by atomic mass is 10.1. The average Bonchev–Trinajstić information content (AvgIpc) is 2.99. The Morgan fingerprint density at radius 3 is 2.75 bits per heavy atom. The van der Waals surface area contributed by atoms with E-state index in [4.69, 9.17) is 0 Å². The maximum absolute atomic E-state index is 12.2. The first-order valence-electron chi connectivity index (χ1n) is 6.13. The van der Waals surface area contributed by atoms with Crippen LogP contribution in [0.4, 0.5) is 0 Å². The standard InChI is InChI=1S/C14H12N4O2/c19-13-11-4-2-1-3-10(11)12(17-18-13)14(20)16-8-9-5-6-15-7-9/h1-7,15H,8H2,(H,16,20)(H,18,19). The Bertz CT molecular complexity index is 805. The molecule has 1 aromatic carbocycles. The molecule has 20 heavy (non-hydrogen) atoms. The number of H-pyrrole nitrogens is 2. The first kappa shape index (κ1) is 12.2. The van der Waals surface area contributed by atoms with Gasteiger partial charge < -0.3 is 10.3 Å². The van der Waals surface area contributed by atoms with Crippen LogP contribution in [0.2, 0.25) is 0 Å². The quantitative estimate of drug-likeness (QED) is 0.666. The summed E-state index contributed by atoms with van der Waals surface area (Å²) in [4.78, 5) is 26.7. The van der Waals surface area contributed by atoms with E-state index in [0.29, 0.717) is 17.3 Å². The molecule has 1 amide bonds. The SMILES string of the molecule is O=C(NCc1cc[nH]c1)c1n[nH]c(=O)c2ccccc12. The molecule has 0 spiro atoms. The minimum Gasteiger partial charge on any atom is -0.367 e. The molecule has 0 aliphatic heterocycles. The van der Waals surface area contributed by atoms with E-state index < -0.39 is 0 Å². The van der Waals surface area contributed by atoms with E-state index in [2.05, 4.69) is 20.5 Å². The van der Waals surface area contributed by atoms with Crippen molar-refractivity contribution in [2.24, 2.45) is 0 Å². The third-order valence-electron chi connectivity index (χ3n) is 3.03. The van der Waals surface area contributed by atoms with E-state index in [1.54, 1.807) is 36.7 Å². The summed E-state index contributed by atoms with van der Waals surface area (Å²) in [5.41, 5.74) is 0.880. The van der Waals surface area contributed by atoms with E-state index in [1.807, 2.05) is 6.07 Å². The number of hydrogen-bond acceptors (Lipinski definition) is 3. The van der Waals surface area contributed by atoms with Gasteiger partial charge in [-0.1, -0.05) is 18.2 Å². The minimum absolute atomic E-state index is 0.218. The van der Waals surface area contributed by atoms with Gasteiger partial charge in [0.2, 0.25) is 0 Å². The molecule has 0 saturated heterocycles. The maximum Gasteiger partial charge on any atom is 0.272 e. The number of carbonyl (C=O) groups is 1. The highest BCUT2D eigenvalue weighted by molar-refractivity contribution is 6.04. The van der Waals surface area contributed by atoms with Crippen LogP contribution in [0.25, 0.3) is 10.8 Å². The molecule has 0 radical (unpaired) electrons. The molecular formula is C14H12N4O2. The van der Waals surface area contributed by atoms with Crippen molar-refractivity contribution in [3.05, 3.63) is 64.3 Å². The van der Waals surface area contributed by atoms with Gasteiger partial charge in [-0.25, -0.2) is 5.10 Å². The Morgan fingerprint density at radius 2 is 2.00 bits per heavy atom. The van der Waals surface area contributed by atoms with Gasteiger partial charge in [-0.05, 0) is 17.7 Å².